The van der Waals surface area contributed by atoms with E-state index >= 15 is 0 Å². The molecule has 0 aliphatic heterocycles. The largest absolute Gasteiger partial charge is 0.197 e. The Balaban J connectivity index is 2.10. The van der Waals surface area contributed by atoms with E-state index in [1.807, 2.05) is 6.08 Å². The Labute approximate surface area is 119 Å². The predicted molar refractivity (Wildman–Crippen MR) is 83.6 cm³/mol. The van der Waals surface area contributed by atoms with Gasteiger partial charge in [0.25, 0.3) is 0 Å². The van der Waals surface area contributed by atoms with Gasteiger partial charge < -0.3 is 0 Å². The number of benzene rings is 2. The van der Waals surface area contributed by atoms with E-state index in [9.17, 15) is 0 Å². The number of pyridine rings is 1. The first-order valence-corrected chi connectivity index (χ1v) is 6.93. The highest BCUT2D eigenvalue weighted by Gasteiger charge is 2.13. The third kappa shape index (κ3) is 2.48. The van der Waals surface area contributed by atoms with Crippen LogP contribution in [-0.2, 0) is 13.0 Å². The van der Waals surface area contributed by atoms with E-state index in [0.29, 0.717) is 0 Å². The van der Waals surface area contributed by atoms with Crippen molar-refractivity contribution in [2.75, 3.05) is 0 Å². The average Bonchev–Trinajstić information content (AvgIpc) is 2.51. The number of fused-ring (bicyclic) bond motifs is 1. The maximum atomic E-state index is 3.90. The lowest BCUT2D eigenvalue weighted by Gasteiger charge is -2.06. The third-order valence-electron chi connectivity index (χ3n) is 3.59. The molecular formula is C19H18N+. The number of hydrogen-bond donors (Lipinski definition) is 0. The van der Waals surface area contributed by atoms with Gasteiger partial charge in [-0.2, -0.15) is 4.57 Å². The summed E-state index contributed by atoms with van der Waals surface area (Å²) >= 11 is 0. The van der Waals surface area contributed by atoms with Gasteiger partial charge in [-0.05, 0) is 11.5 Å². The zero-order valence-corrected chi connectivity index (χ0v) is 11.5. The Morgan fingerprint density at radius 2 is 1.65 bits per heavy atom. The van der Waals surface area contributed by atoms with Crippen LogP contribution in [0.1, 0.15) is 11.3 Å². The molecule has 0 unspecified atom stereocenters. The molecule has 0 fully saturated rings. The molecule has 0 bridgehead atoms. The fourth-order valence-corrected chi connectivity index (χ4v) is 2.61. The Morgan fingerprint density at radius 3 is 2.45 bits per heavy atom. The summed E-state index contributed by atoms with van der Waals surface area (Å²) in [6.07, 6.45) is 5.03. The monoisotopic (exact) mass is 260 g/mol. The maximum absolute atomic E-state index is 3.90. The molecule has 20 heavy (non-hydrogen) atoms. The van der Waals surface area contributed by atoms with Crippen molar-refractivity contribution in [3.05, 3.63) is 90.8 Å². The first-order valence-electron chi connectivity index (χ1n) is 6.93. The Morgan fingerprint density at radius 1 is 0.900 bits per heavy atom. The van der Waals surface area contributed by atoms with Crippen LogP contribution in [0.3, 0.4) is 0 Å². The number of allylic oxidation sites excluding steroid dienone is 1. The summed E-state index contributed by atoms with van der Waals surface area (Å²) in [6, 6.07) is 21.3. The second-order valence-corrected chi connectivity index (χ2v) is 4.96. The normalized spacial score (nSPS) is 10.6. The highest BCUT2D eigenvalue weighted by atomic mass is 15.0. The van der Waals surface area contributed by atoms with E-state index in [1.165, 1.54) is 22.0 Å². The van der Waals surface area contributed by atoms with Gasteiger partial charge >= 0.3 is 0 Å². The zero-order valence-electron chi connectivity index (χ0n) is 11.5. The lowest BCUT2D eigenvalue weighted by molar-refractivity contribution is -0.693. The molecular weight excluding hydrogens is 242 g/mol. The van der Waals surface area contributed by atoms with Crippen LogP contribution in [0.4, 0.5) is 0 Å². The number of hydrogen-bond acceptors (Lipinski definition) is 0. The van der Waals surface area contributed by atoms with Crippen molar-refractivity contribution in [1.29, 1.82) is 0 Å². The van der Waals surface area contributed by atoms with Gasteiger partial charge in [-0.3, -0.25) is 0 Å². The molecule has 0 radical (unpaired) electrons. The molecule has 0 spiro atoms. The van der Waals surface area contributed by atoms with Crippen LogP contribution < -0.4 is 4.57 Å². The van der Waals surface area contributed by atoms with Crippen LogP contribution in [0, 0.1) is 0 Å². The molecule has 1 nitrogen and oxygen atoms in total. The molecule has 1 heteroatoms. The molecule has 0 N–H and O–H groups in total. The number of rotatable bonds is 4. The van der Waals surface area contributed by atoms with Gasteiger partial charge in [0.2, 0.25) is 0 Å². The summed E-state index contributed by atoms with van der Waals surface area (Å²) in [5.74, 6) is 0. The molecule has 3 aromatic rings. The van der Waals surface area contributed by atoms with E-state index < -0.39 is 0 Å². The SMILES string of the molecule is C=CCc1c2ccccc2cc[n+]1Cc1ccccc1. The molecule has 0 atom stereocenters. The maximum Gasteiger partial charge on any atom is 0.193 e. The molecule has 2 aromatic carbocycles. The summed E-state index contributed by atoms with van der Waals surface area (Å²) in [5, 5.41) is 2.60. The molecule has 0 saturated heterocycles. The van der Waals surface area contributed by atoms with Crippen molar-refractivity contribution < 1.29 is 4.57 Å². The smallest absolute Gasteiger partial charge is 0.193 e. The van der Waals surface area contributed by atoms with Crippen LogP contribution in [-0.4, -0.2) is 0 Å². The molecule has 0 aliphatic rings. The van der Waals surface area contributed by atoms with E-state index in [1.54, 1.807) is 0 Å². The van der Waals surface area contributed by atoms with Crippen molar-refractivity contribution >= 4 is 10.8 Å². The summed E-state index contributed by atoms with van der Waals surface area (Å²) in [6.45, 7) is 4.80. The summed E-state index contributed by atoms with van der Waals surface area (Å²) in [5.41, 5.74) is 2.64. The average molecular weight is 260 g/mol. The second kappa shape index (κ2) is 5.70. The molecule has 0 saturated carbocycles. The molecule has 0 amide bonds. The molecule has 98 valence electrons. The molecule has 0 aliphatic carbocycles. The molecule has 1 aromatic heterocycles. The Bertz CT molecular complexity index is 729. The summed E-state index contributed by atoms with van der Waals surface area (Å²) in [4.78, 5) is 0. The fraction of sp³-hybridized carbons (Fsp3) is 0.105. The van der Waals surface area contributed by atoms with E-state index in [4.69, 9.17) is 0 Å². The van der Waals surface area contributed by atoms with Crippen LogP contribution in [0.5, 0.6) is 0 Å². The minimum Gasteiger partial charge on any atom is -0.197 e. The van der Waals surface area contributed by atoms with Crippen molar-refractivity contribution in [2.24, 2.45) is 0 Å². The Kier molecular flexibility index (Phi) is 3.60. The standard InChI is InChI=1S/C19H18N/c1-2-8-19-18-12-7-6-11-17(18)13-14-20(19)15-16-9-4-3-5-10-16/h2-7,9-14H,1,8,15H2/q+1. The van der Waals surface area contributed by atoms with Crippen LogP contribution in [0.2, 0.25) is 0 Å². The van der Waals surface area contributed by atoms with Crippen LogP contribution >= 0.6 is 0 Å². The van der Waals surface area contributed by atoms with Gasteiger partial charge in [0.15, 0.2) is 18.4 Å². The quantitative estimate of drug-likeness (QED) is 0.495. The van der Waals surface area contributed by atoms with E-state index in [2.05, 4.69) is 78.0 Å². The molecule has 3 rings (SSSR count). The zero-order chi connectivity index (χ0) is 13.8. The van der Waals surface area contributed by atoms with Gasteiger partial charge in [-0.25, -0.2) is 0 Å². The minimum atomic E-state index is 0.883. The molecule has 1 heterocycles. The third-order valence-corrected chi connectivity index (χ3v) is 3.59. The van der Waals surface area contributed by atoms with Gasteiger partial charge in [0.05, 0.1) is 6.42 Å². The van der Waals surface area contributed by atoms with E-state index in [0.717, 1.165) is 13.0 Å². The van der Waals surface area contributed by atoms with Crippen LogP contribution in [0.25, 0.3) is 10.8 Å². The lowest BCUT2D eigenvalue weighted by Crippen LogP contribution is -2.38. The predicted octanol–water partition coefficient (Wildman–Crippen LogP) is 3.90. The Hall–Kier alpha value is -2.41. The van der Waals surface area contributed by atoms with Crippen molar-refractivity contribution in [3.8, 4) is 0 Å². The van der Waals surface area contributed by atoms with Crippen molar-refractivity contribution in [3.63, 3.8) is 0 Å². The lowest BCUT2D eigenvalue weighted by atomic mass is 10.1. The number of aromatic nitrogens is 1. The van der Waals surface area contributed by atoms with Crippen LogP contribution in [0.15, 0.2) is 79.5 Å². The van der Waals surface area contributed by atoms with E-state index in [-0.39, 0.29) is 0 Å². The first-order chi connectivity index (χ1) is 9.88. The topological polar surface area (TPSA) is 3.88 Å². The fourth-order valence-electron chi connectivity index (χ4n) is 2.61. The second-order valence-electron chi connectivity index (χ2n) is 4.96. The van der Waals surface area contributed by atoms with Gasteiger partial charge in [-0.1, -0.05) is 54.6 Å². The van der Waals surface area contributed by atoms with Crippen molar-refractivity contribution in [2.45, 2.75) is 13.0 Å². The van der Waals surface area contributed by atoms with Crippen molar-refractivity contribution in [1.82, 2.24) is 0 Å². The van der Waals surface area contributed by atoms with Gasteiger partial charge in [0.1, 0.15) is 0 Å². The van der Waals surface area contributed by atoms with Gasteiger partial charge in [-0.15, -0.1) is 6.58 Å². The number of nitrogens with zero attached hydrogens (tertiary/aromatic N) is 1. The highest BCUT2D eigenvalue weighted by Crippen LogP contribution is 2.16. The first kappa shape index (κ1) is 12.6. The van der Waals surface area contributed by atoms with Gasteiger partial charge in [0, 0.05) is 17.0 Å². The summed E-state index contributed by atoms with van der Waals surface area (Å²) in [7, 11) is 0. The minimum absolute atomic E-state index is 0.883. The highest BCUT2D eigenvalue weighted by molar-refractivity contribution is 5.83. The summed E-state index contributed by atoms with van der Waals surface area (Å²) < 4.78 is 2.32.